The largest absolute Gasteiger partial charge is 0.340 e. The van der Waals surface area contributed by atoms with Gasteiger partial charge in [-0.2, -0.15) is 0 Å². The average Bonchev–Trinajstić information content (AvgIpc) is 2.52. The highest BCUT2D eigenvalue weighted by atomic mass is 35.5. The second kappa shape index (κ2) is 6.99. The topological polar surface area (TPSA) is 20.3 Å². The molecule has 1 amide bonds. The van der Waals surface area contributed by atoms with Crippen LogP contribution in [0.2, 0.25) is 5.02 Å². The fourth-order valence-electron chi connectivity index (χ4n) is 3.96. The van der Waals surface area contributed by atoms with Crippen LogP contribution in [-0.2, 0) is 11.2 Å². The maximum absolute atomic E-state index is 14.0. The Labute approximate surface area is 136 Å². The van der Waals surface area contributed by atoms with Crippen LogP contribution in [0.3, 0.4) is 0 Å². The first kappa shape index (κ1) is 15.8. The first-order valence-electron chi connectivity index (χ1n) is 8.37. The SMILES string of the molecule is O=C1CCCCN1C1CCCC(Cc2c(F)cccc2Cl)C1. The van der Waals surface area contributed by atoms with E-state index in [1.165, 1.54) is 6.07 Å². The van der Waals surface area contributed by atoms with Crippen LogP contribution in [0.4, 0.5) is 4.39 Å². The molecule has 120 valence electrons. The Bertz CT molecular complexity index is 528. The minimum absolute atomic E-state index is 0.205. The summed E-state index contributed by atoms with van der Waals surface area (Å²) in [7, 11) is 0. The summed E-state index contributed by atoms with van der Waals surface area (Å²) in [5, 5.41) is 0.524. The maximum atomic E-state index is 14.0. The highest BCUT2D eigenvalue weighted by molar-refractivity contribution is 6.31. The van der Waals surface area contributed by atoms with E-state index in [9.17, 15) is 9.18 Å². The lowest BCUT2D eigenvalue weighted by molar-refractivity contribution is -0.136. The molecule has 1 saturated heterocycles. The predicted octanol–water partition coefficient (Wildman–Crippen LogP) is 4.59. The van der Waals surface area contributed by atoms with Crippen molar-refractivity contribution < 1.29 is 9.18 Å². The molecule has 4 heteroatoms. The van der Waals surface area contributed by atoms with Gasteiger partial charge in [-0.1, -0.05) is 24.1 Å². The van der Waals surface area contributed by atoms with Crippen molar-refractivity contribution in [1.82, 2.24) is 4.90 Å². The first-order valence-corrected chi connectivity index (χ1v) is 8.75. The molecule has 1 saturated carbocycles. The van der Waals surface area contributed by atoms with E-state index in [2.05, 4.69) is 4.90 Å². The molecule has 3 rings (SSSR count). The van der Waals surface area contributed by atoms with Gasteiger partial charge in [0.05, 0.1) is 0 Å². The van der Waals surface area contributed by atoms with E-state index in [1.807, 2.05) is 0 Å². The molecule has 2 aliphatic rings. The maximum Gasteiger partial charge on any atom is 0.222 e. The summed E-state index contributed by atoms with van der Waals surface area (Å²) in [6.07, 6.45) is 7.81. The normalized spacial score (nSPS) is 26.3. The van der Waals surface area contributed by atoms with Crippen molar-refractivity contribution in [3.63, 3.8) is 0 Å². The van der Waals surface area contributed by atoms with Gasteiger partial charge in [0.15, 0.2) is 0 Å². The third kappa shape index (κ3) is 3.45. The Morgan fingerprint density at radius 2 is 2.09 bits per heavy atom. The van der Waals surface area contributed by atoms with Crippen LogP contribution in [0.1, 0.15) is 50.5 Å². The number of benzene rings is 1. The Hall–Kier alpha value is -1.09. The van der Waals surface area contributed by atoms with Crippen molar-refractivity contribution in [2.24, 2.45) is 5.92 Å². The van der Waals surface area contributed by atoms with Gasteiger partial charge in [0.25, 0.3) is 0 Å². The number of amides is 1. The standard InChI is InChI=1S/C18H23ClFNO/c19-16-7-4-8-17(20)15(16)12-13-5-3-6-14(11-13)21-10-2-1-9-18(21)22/h4,7-8,13-14H,1-3,5-6,9-12H2. The van der Waals surface area contributed by atoms with Crippen LogP contribution in [0.5, 0.6) is 0 Å². The molecule has 1 heterocycles. The lowest BCUT2D eigenvalue weighted by atomic mass is 9.81. The molecule has 1 aromatic carbocycles. The van der Waals surface area contributed by atoms with Crippen molar-refractivity contribution in [1.29, 1.82) is 0 Å². The summed E-state index contributed by atoms with van der Waals surface area (Å²) in [4.78, 5) is 14.2. The number of nitrogens with zero attached hydrogens (tertiary/aromatic N) is 1. The Balaban J connectivity index is 1.67. The fraction of sp³-hybridized carbons (Fsp3) is 0.611. The fourth-order valence-corrected chi connectivity index (χ4v) is 4.20. The van der Waals surface area contributed by atoms with Gasteiger partial charge in [-0.25, -0.2) is 4.39 Å². The van der Waals surface area contributed by atoms with Gasteiger partial charge < -0.3 is 4.90 Å². The van der Waals surface area contributed by atoms with Crippen LogP contribution in [0, 0.1) is 11.7 Å². The molecule has 0 bridgehead atoms. The molecule has 1 aliphatic heterocycles. The van der Waals surface area contributed by atoms with Gasteiger partial charge in [-0.05, 0) is 56.6 Å². The van der Waals surface area contributed by atoms with Crippen molar-refractivity contribution in [3.8, 4) is 0 Å². The van der Waals surface area contributed by atoms with E-state index < -0.39 is 0 Å². The summed E-state index contributed by atoms with van der Waals surface area (Å²) in [6.45, 7) is 0.899. The van der Waals surface area contributed by atoms with Crippen LogP contribution in [0.25, 0.3) is 0 Å². The summed E-state index contributed by atoms with van der Waals surface area (Å²) in [5.74, 6) is 0.521. The average molecular weight is 324 g/mol. The van der Waals surface area contributed by atoms with Gasteiger partial charge in [0, 0.05) is 29.6 Å². The van der Waals surface area contributed by atoms with E-state index in [0.29, 0.717) is 41.3 Å². The molecule has 2 nitrogen and oxygen atoms in total. The molecule has 2 fully saturated rings. The van der Waals surface area contributed by atoms with E-state index in [-0.39, 0.29) is 5.82 Å². The van der Waals surface area contributed by atoms with Crippen molar-refractivity contribution >= 4 is 17.5 Å². The van der Waals surface area contributed by atoms with E-state index in [0.717, 1.165) is 45.1 Å². The van der Waals surface area contributed by atoms with Crippen LogP contribution in [-0.4, -0.2) is 23.4 Å². The zero-order valence-corrected chi connectivity index (χ0v) is 13.6. The summed E-state index contributed by atoms with van der Waals surface area (Å²) in [6, 6.07) is 5.23. The van der Waals surface area contributed by atoms with Crippen LogP contribution < -0.4 is 0 Å². The van der Waals surface area contributed by atoms with Gasteiger partial charge in [0.1, 0.15) is 5.82 Å². The van der Waals surface area contributed by atoms with Gasteiger partial charge >= 0.3 is 0 Å². The molecule has 1 aliphatic carbocycles. The molecule has 1 aromatic rings. The van der Waals surface area contributed by atoms with Crippen molar-refractivity contribution in [2.45, 2.75) is 57.4 Å². The quantitative estimate of drug-likeness (QED) is 0.796. The molecular formula is C18H23ClFNO. The molecule has 0 spiro atoms. The molecule has 0 N–H and O–H groups in total. The Morgan fingerprint density at radius 3 is 2.86 bits per heavy atom. The lowest BCUT2D eigenvalue weighted by Gasteiger charge is -2.39. The van der Waals surface area contributed by atoms with Crippen molar-refractivity contribution in [2.75, 3.05) is 6.54 Å². The molecular weight excluding hydrogens is 301 g/mol. The van der Waals surface area contributed by atoms with Gasteiger partial charge in [-0.15, -0.1) is 0 Å². The van der Waals surface area contributed by atoms with Gasteiger partial charge in [0.2, 0.25) is 5.91 Å². The second-order valence-corrected chi connectivity index (χ2v) is 7.04. The number of rotatable bonds is 3. The zero-order chi connectivity index (χ0) is 15.5. The highest BCUT2D eigenvalue weighted by Gasteiger charge is 2.31. The third-order valence-corrected chi connectivity index (χ3v) is 5.46. The van der Waals surface area contributed by atoms with Crippen molar-refractivity contribution in [3.05, 3.63) is 34.6 Å². The number of piperidine rings is 1. The molecule has 0 radical (unpaired) electrons. The minimum atomic E-state index is -0.205. The van der Waals surface area contributed by atoms with E-state index >= 15 is 0 Å². The zero-order valence-electron chi connectivity index (χ0n) is 12.9. The van der Waals surface area contributed by atoms with Crippen LogP contribution >= 0.6 is 11.6 Å². The highest BCUT2D eigenvalue weighted by Crippen LogP contribution is 2.33. The summed E-state index contributed by atoms with van der Waals surface area (Å²) < 4.78 is 14.0. The van der Waals surface area contributed by atoms with Crippen LogP contribution in [0.15, 0.2) is 18.2 Å². The number of halogens is 2. The molecule has 0 aromatic heterocycles. The number of hydrogen-bond donors (Lipinski definition) is 0. The van der Waals surface area contributed by atoms with Gasteiger partial charge in [-0.3, -0.25) is 4.79 Å². The molecule has 2 atom stereocenters. The summed E-state index contributed by atoms with van der Waals surface area (Å²) >= 11 is 6.15. The minimum Gasteiger partial charge on any atom is -0.340 e. The van der Waals surface area contributed by atoms with E-state index in [1.54, 1.807) is 12.1 Å². The number of likely N-dealkylation sites (tertiary alicyclic amines) is 1. The Kier molecular flexibility index (Phi) is 5.02. The summed E-state index contributed by atoms with van der Waals surface area (Å²) in [5.41, 5.74) is 0.639. The third-order valence-electron chi connectivity index (χ3n) is 5.11. The monoisotopic (exact) mass is 323 g/mol. The molecule has 2 unspecified atom stereocenters. The number of hydrogen-bond acceptors (Lipinski definition) is 1. The predicted molar refractivity (Wildman–Crippen MR) is 86.4 cm³/mol. The Morgan fingerprint density at radius 1 is 1.23 bits per heavy atom. The lowest BCUT2D eigenvalue weighted by Crippen LogP contribution is -2.45. The number of carbonyl (C=O) groups is 1. The van der Waals surface area contributed by atoms with E-state index in [4.69, 9.17) is 11.6 Å². The molecule has 22 heavy (non-hydrogen) atoms. The first-order chi connectivity index (χ1) is 10.6. The number of carbonyl (C=O) groups excluding carboxylic acids is 1. The second-order valence-electron chi connectivity index (χ2n) is 6.64. The smallest absolute Gasteiger partial charge is 0.222 e.